The molecule has 3 nitrogen and oxygen atoms in total. The van der Waals surface area contributed by atoms with Gasteiger partial charge in [-0.3, -0.25) is 4.90 Å². The van der Waals surface area contributed by atoms with Crippen LogP contribution in [0.5, 0.6) is 0 Å². The molecule has 0 atom stereocenters. The molecular weight excluding hydrogens is 166 g/mol. The van der Waals surface area contributed by atoms with E-state index in [2.05, 4.69) is 18.7 Å². The van der Waals surface area contributed by atoms with Gasteiger partial charge in [-0.1, -0.05) is 0 Å². The van der Waals surface area contributed by atoms with Gasteiger partial charge in [0.15, 0.2) is 0 Å². The second-order valence-corrected chi connectivity index (χ2v) is 3.40. The second-order valence-electron chi connectivity index (χ2n) is 3.40. The van der Waals surface area contributed by atoms with Gasteiger partial charge in [-0.05, 0) is 27.2 Å². The molecule has 80 valence electrons. The van der Waals surface area contributed by atoms with Crippen LogP contribution in [-0.4, -0.2) is 49.0 Å². The summed E-state index contributed by atoms with van der Waals surface area (Å²) in [6.07, 6.45) is 0.851. The number of rotatable bonds is 8. The number of aliphatic hydroxyl groups is 1. The van der Waals surface area contributed by atoms with E-state index in [1.54, 1.807) is 0 Å². The van der Waals surface area contributed by atoms with Gasteiger partial charge in [-0.25, -0.2) is 0 Å². The predicted octanol–water partition coefficient (Wildman–Crippen LogP) is 1.12. The van der Waals surface area contributed by atoms with Crippen molar-refractivity contribution >= 4 is 0 Å². The van der Waals surface area contributed by atoms with Crippen molar-refractivity contribution < 1.29 is 9.84 Å². The van der Waals surface area contributed by atoms with E-state index in [0.717, 1.165) is 32.7 Å². The highest BCUT2D eigenvalue weighted by Crippen LogP contribution is 1.99. The summed E-state index contributed by atoms with van der Waals surface area (Å²) in [5, 5.41) is 8.71. The minimum Gasteiger partial charge on any atom is -0.396 e. The van der Waals surface area contributed by atoms with Crippen molar-refractivity contribution in [2.45, 2.75) is 33.2 Å². The van der Waals surface area contributed by atoms with Crippen LogP contribution in [-0.2, 0) is 4.74 Å². The van der Waals surface area contributed by atoms with Crippen LogP contribution in [0.25, 0.3) is 0 Å². The Labute approximate surface area is 81.7 Å². The van der Waals surface area contributed by atoms with E-state index in [-0.39, 0.29) is 6.61 Å². The molecule has 0 radical (unpaired) electrons. The standard InChI is InChI=1S/C10H23NO2/c1-4-13-9-7-11(10(2)3)6-5-8-12/h10,12H,4-9H2,1-3H3. The first-order valence-corrected chi connectivity index (χ1v) is 5.15. The monoisotopic (exact) mass is 189 g/mol. The van der Waals surface area contributed by atoms with Crippen molar-refractivity contribution in [2.75, 3.05) is 32.9 Å². The lowest BCUT2D eigenvalue weighted by Crippen LogP contribution is -2.35. The van der Waals surface area contributed by atoms with Gasteiger partial charge < -0.3 is 9.84 Å². The fourth-order valence-corrected chi connectivity index (χ4v) is 1.23. The maximum atomic E-state index is 8.71. The van der Waals surface area contributed by atoms with Gasteiger partial charge in [-0.2, -0.15) is 0 Å². The molecule has 0 fully saturated rings. The van der Waals surface area contributed by atoms with Gasteiger partial charge in [0.1, 0.15) is 0 Å². The lowest BCUT2D eigenvalue weighted by Gasteiger charge is -2.25. The first kappa shape index (κ1) is 12.9. The Hall–Kier alpha value is -0.120. The van der Waals surface area contributed by atoms with Crippen LogP contribution in [0.2, 0.25) is 0 Å². The average molecular weight is 189 g/mol. The van der Waals surface area contributed by atoms with E-state index in [9.17, 15) is 0 Å². The second kappa shape index (κ2) is 8.48. The highest BCUT2D eigenvalue weighted by atomic mass is 16.5. The molecule has 0 saturated heterocycles. The van der Waals surface area contributed by atoms with Crippen LogP contribution in [0.4, 0.5) is 0 Å². The molecule has 0 aliphatic rings. The van der Waals surface area contributed by atoms with Gasteiger partial charge in [0.25, 0.3) is 0 Å². The third-order valence-electron chi connectivity index (χ3n) is 2.06. The summed E-state index contributed by atoms with van der Waals surface area (Å²) in [5.74, 6) is 0. The lowest BCUT2D eigenvalue weighted by atomic mass is 10.3. The van der Waals surface area contributed by atoms with Crippen molar-refractivity contribution in [2.24, 2.45) is 0 Å². The zero-order chi connectivity index (χ0) is 10.1. The molecule has 13 heavy (non-hydrogen) atoms. The summed E-state index contributed by atoms with van der Waals surface area (Å²) in [5.41, 5.74) is 0. The Bertz CT molecular complexity index is 107. The third kappa shape index (κ3) is 6.99. The molecule has 1 N–H and O–H groups in total. The largest absolute Gasteiger partial charge is 0.396 e. The average Bonchev–Trinajstić information content (AvgIpc) is 2.10. The van der Waals surface area contributed by atoms with Crippen molar-refractivity contribution in [3.05, 3.63) is 0 Å². The summed E-state index contributed by atoms with van der Waals surface area (Å²) in [4.78, 5) is 2.33. The molecule has 0 aliphatic carbocycles. The van der Waals surface area contributed by atoms with Gasteiger partial charge >= 0.3 is 0 Å². The summed E-state index contributed by atoms with van der Waals surface area (Å²) < 4.78 is 5.29. The fourth-order valence-electron chi connectivity index (χ4n) is 1.23. The molecule has 0 aromatic carbocycles. The molecule has 0 heterocycles. The van der Waals surface area contributed by atoms with E-state index in [0.29, 0.717) is 6.04 Å². The minimum atomic E-state index is 0.276. The highest BCUT2D eigenvalue weighted by Gasteiger charge is 2.07. The Morgan fingerprint density at radius 3 is 2.46 bits per heavy atom. The molecule has 0 bridgehead atoms. The SMILES string of the molecule is CCOCCN(CCCO)C(C)C. The first-order chi connectivity index (χ1) is 6.22. The summed E-state index contributed by atoms with van der Waals surface area (Å²) in [6, 6.07) is 0.534. The van der Waals surface area contributed by atoms with E-state index >= 15 is 0 Å². The lowest BCUT2D eigenvalue weighted by molar-refractivity contribution is 0.0968. The molecule has 0 unspecified atom stereocenters. The highest BCUT2D eigenvalue weighted by molar-refractivity contribution is 4.61. The molecule has 0 aromatic rings. The molecule has 0 aromatic heterocycles. The minimum absolute atomic E-state index is 0.276. The first-order valence-electron chi connectivity index (χ1n) is 5.15. The maximum Gasteiger partial charge on any atom is 0.0593 e. The summed E-state index contributed by atoms with van der Waals surface area (Å²) >= 11 is 0. The third-order valence-corrected chi connectivity index (χ3v) is 2.06. The molecular formula is C10H23NO2. The molecule has 0 saturated carbocycles. The van der Waals surface area contributed by atoms with E-state index < -0.39 is 0 Å². The normalized spacial score (nSPS) is 11.5. The molecule has 0 amide bonds. The quantitative estimate of drug-likeness (QED) is 0.581. The van der Waals surface area contributed by atoms with Crippen molar-refractivity contribution in [1.29, 1.82) is 0 Å². The Morgan fingerprint density at radius 1 is 1.31 bits per heavy atom. The smallest absolute Gasteiger partial charge is 0.0593 e. The number of aliphatic hydroxyl groups excluding tert-OH is 1. The van der Waals surface area contributed by atoms with Crippen LogP contribution in [0.1, 0.15) is 27.2 Å². The Morgan fingerprint density at radius 2 is 2.00 bits per heavy atom. The molecule has 0 aliphatic heterocycles. The molecule has 0 spiro atoms. The van der Waals surface area contributed by atoms with E-state index in [4.69, 9.17) is 9.84 Å². The zero-order valence-electron chi connectivity index (χ0n) is 9.12. The summed E-state index contributed by atoms with van der Waals surface area (Å²) in [7, 11) is 0. The Kier molecular flexibility index (Phi) is 8.40. The Balaban J connectivity index is 3.54. The zero-order valence-corrected chi connectivity index (χ0v) is 9.12. The molecule has 0 rings (SSSR count). The van der Waals surface area contributed by atoms with Crippen LogP contribution in [0.15, 0.2) is 0 Å². The topological polar surface area (TPSA) is 32.7 Å². The van der Waals surface area contributed by atoms with Crippen molar-refractivity contribution in [3.63, 3.8) is 0 Å². The van der Waals surface area contributed by atoms with Crippen LogP contribution >= 0.6 is 0 Å². The van der Waals surface area contributed by atoms with Gasteiger partial charge in [0.05, 0.1) is 6.61 Å². The van der Waals surface area contributed by atoms with E-state index in [1.807, 2.05) is 6.92 Å². The van der Waals surface area contributed by atoms with Crippen LogP contribution in [0, 0.1) is 0 Å². The fraction of sp³-hybridized carbons (Fsp3) is 1.00. The number of ether oxygens (including phenoxy) is 1. The number of nitrogens with zero attached hydrogens (tertiary/aromatic N) is 1. The molecule has 3 heteroatoms. The number of hydrogen-bond acceptors (Lipinski definition) is 3. The van der Waals surface area contributed by atoms with Crippen molar-refractivity contribution in [1.82, 2.24) is 4.90 Å². The number of hydrogen-bond donors (Lipinski definition) is 1. The predicted molar refractivity (Wildman–Crippen MR) is 54.9 cm³/mol. The maximum absolute atomic E-state index is 8.71. The van der Waals surface area contributed by atoms with Gasteiger partial charge in [0.2, 0.25) is 0 Å². The van der Waals surface area contributed by atoms with E-state index in [1.165, 1.54) is 0 Å². The van der Waals surface area contributed by atoms with Gasteiger partial charge in [0, 0.05) is 32.3 Å². The van der Waals surface area contributed by atoms with Gasteiger partial charge in [-0.15, -0.1) is 0 Å². The van der Waals surface area contributed by atoms with Crippen LogP contribution in [0.3, 0.4) is 0 Å². The van der Waals surface area contributed by atoms with Crippen molar-refractivity contribution in [3.8, 4) is 0 Å². The summed E-state index contributed by atoms with van der Waals surface area (Å²) in [6.45, 7) is 10.1. The van der Waals surface area contributed by atoms with Crippen LogP contribution < -0.4 is 0 Å².